The molecule has 0 spiro atoms. The summed E-state index contributed by atoms with van der Waals surface area (Å²) >= 11 is 6.40. The number of rotatable bonds is 5. The normalized spacial score (nSPS) is 15.9. The van der Waals surface area contributed by atoms with Crippen LogP contribution in [0.5, 0.6) is 0 Å². The van der Waals surface area contributed by atoms with Crippen molar-refractivity contribution in [1.29, 1.82) is 0 Å². The van der Waals surface area contributed by atoms with E-state index in [-0.39, 0.29) is 10.3 Å². The van der Waals surface area contributed by atoms with Crippen molar-refractivity contribution in [2.75, 3.05) is 0 Å². The summed E-state index contributed by atoms with van der Waals surface area (Å²) in [6.45, 7) is 13.4. The van der Waals surface area contributed by atoms with Gasteiger partial charge in [-0.1, -0.05) is 47.0 Å². The minimum Gasteiger partial charge on any atom is -0.119 e. The second-order valence-corrected chi connectivity index (χ2v) is 6.18. The van der Waals surface area contributed by atoms with E-state index in [0.29, 0.717) is 5.92 Å². The molecule has 0 aliphatic rings. The monoisotopic (exact) mass is 204 g/mol. The van der Waals surface area contributed by atoms with Gasteiger partial charge in [0.15, 0.2) is 0 Å². The fraction of sp³-hybridized carbons (Fsp3) is 1.00. The number of alkyl halides is 1. The largest absolute Gasteiger partial charge is 0.119 e. The Kier molecular flexibility index (Phi) is 4.79. The van der Waals surface area contributed by atoms with Crippen LogP contribution in [0.1, 0.15) is 60.8 Å². The van der Waals surface area contributed by atoms with Crippen LogP contribution < -0.4 is 0 Å². The van der Waals surface area contributed by atoms with Crippen LogP contribution in [0.3, 0.4) is 0 Å². The number of hydrogen-bond acceptors (Lipinski definition) is 0. The van der Waals surface area contributed by atoms with Gasteiger partial charge in [0.2, 0.25) is 0 Å². The molecule has 0 aliphatic heterocycles. The molecule has 0 saturated carbocycles. The smallest absolute Gasteiger partial charge is 0.0444 e. The molecule has 13 heavy (non-hydrogen) atoms. The van der Waals surface area contributed by atoms with Crippen LogP contribution in [0.4, 0.5) is 0 Å². The maximum Gasteiger partial charge on any atom is 0.0444 e. The molecule has 0 N–H and O–H groups in total. The highest BCUT2D eigenvalue weighted by Crippen LogP contribution is 2.44. The summed E-state index contributed by atoms with van der Waals surface area (Å²) in [6.07, 6.45) is 3.89. The topological polar surface area (TPSA) is 0 Å². The van der Waals surface area contributed by atoms with Crippen molar-refractivity contribution in [3.8, 4) is 0 Å². The average molecular weight is 205 g/mol. The van der Waals surface area contributed by atoms with Crippen molar-refractivity contribution in [3.63, 3.8) is 0 Å². The molecule has 1 atom stereocenters. The molecule has 0 amide bonds. The van der Waals surface area contributed by atoms with Crippen molar-refractivity contribution in [3.05, 3.63) is 0 Å². The van der Waals surface area contributed by atoms with Gasteiger partial charge in [-0.3, -0.25) is 0 Å². The molecule has 1 unspecified atom stereocenters. The van der Waals surface area contributed by atoms with Gasteiger partial charge < -0.3 is 0 Å². The minimum absolute atomic E-state index is 0.111. The van der Waals surface area contributed by atoms with Gasteiger partial charge in [-0.05, 0) is 25.2 Å². The Morgan fingerprint density at radius 3 is 1.92 bits per heavy atom. The Hall–Kier alpha value is 0.290. The molecule has 0 saturated heterocycles. The van der Waals surface area contributed by atoms with Crippen LogP contribution >= 0.6 is 11.6 Å². The Morgan fingerprint density at radius 1 is 1.15 bits per heavy atom. The molecular formula is C12H25Cl. The lowest BCUT2D eigenvalue weighted by atomic mass is 9.69. The second kappa shape index (κ2) is 4.68. The van der Waals surface area contributed by atoms with E-state index in [1.54, 1.807) is 0 Å². The lowest BCUT2D eigenvalue weighted by Gasteiger charge is -2.42. The quantitative estimate of drug-likeness (QED) is 0.562. The summed E-state index contributed by atoms with van der Waals surface area (Å²) in [5.41, 5.74) is 0.212. The zero-order valence-electron chi connectivity index (χ0n) is 10.1. The minimum atomic E-state index is -0.111. The maximum atomic E-state index is 6.40. The summed E-state index contributed by atoms with van der Waals surface area (Å²) in [7, 11) is 0. The standard InChI is InChI=1S/C12H25Cl/c1-7-8-9-10(2)11(3,4)12(5,6)13/h10H,7-9H2,1-6H3. The van der Waals surface area contributed by atoms with Gasteiger partial charge in [0.25, 0.3) is 0 Å². The first-order valence-corrected chi connectivity index (χ1v) is 5.80. The molecule has 0 aromatic rings. The lowest BCUT2D eigenvalue weighted by molar-refractivity contribution is 0.160. The molecule has 0 aliphatic carbocycles. The predicted octanol–water partition coefficient (Wildman–Crippen LogP) is 4.86. The fourth-order valence-corrected chi connectivity index (χ4v) is 1.64. The van der Waals surface area contributed by atoms with Gasteiger partial charge in [0, 0.05) is 4.87 Å². The number of halogens is 1. The van der Waals surface area contributed by atoms with Gasteiger partial charge in [-0.2, -0.15) is 0 Å². The number of hydrogen-bond donors (Lipinski definition) is 0. The molecule has 0 heterocycles. The Bertz CT molecular complexity index is 142. The Labute approximate surface area is 89.1 Å². The lowest BCUT2D eigenvalue weighted by Crippen LogP contribution is -2.39. The van der Waals surface area contributed by atoms with E-state index in [0.717, 1.165) is 0 Å². The summed E-state index contributed by atoms with van der Waals surface area (Å²) in [4.78, 5) is -0.111. The maximum absolute atomic E-state index is 6.40. The molecule has 0 bridgehead atoms. The molecule has 80 valence electrons. The third kappa shape index (κ3) is 3.50. The predicted molar refractivity (Wildman–Crippen MR) is 62.4 cm³/mol. The second-order valence-electron chi connectivity index (χ2n) is 5.24. The third-order valence-electron chi connectivity index (χ3n) is 3.75. The van der Waals surface area contributed by atoms with E-state index >= 15 is 0 Å². The summed E-state index contributed by atoms with van der Waals surface area (Å²) < 4.78 is 0. The van der Waals surface area contributed by atoms with Crippen LogP contribution in [-0.2, 0) is 0 Å². The van der Waals surface area contributed by atoms with Crippen LogP contribution in [0.25, 0.3) is 0 Å². The zero-order valence-corrected chi connectivity index (χ0v) is 10.8. The van der Waals surface area contributed by atoms with Gasteiger partial charge in [-0.15, -0.1) is 11.6 Å². The average Bonchev–Trinajstić information content (AvgIpc) is 1.97. The molecule has 0 aromatic heterocycles. The van der Waals surface area contributed by atoms with Crippen LogP contribution in [0, 0.1) is 11.3 Å². The molecule has 0 rings (SSSR count). The van der Waals surface area contributed by atoms with Gasteiger partial charge >= 0.3 is 0 Å². The van der Waals surface area contributed by atoms with Crippen LogP contribution in [-0.4, -0.2) is 4.87 Å². The van der Waals surface area contributed by atoms with E-state index < -0.39 is 0 Å². The van der Waals surface area contributed by atoms with E-state index in [1.807, 2.05) is 0 Å². The highest BCUT2D eigenvalue weighted by molar-refractivity contribution is 6.23. The molecule has 0 fully saturated rings. The van der Waals surface area contributed by atoms with E-state index in [9.17, 15) is 0 Å². The molecule has 0 aromatic carbocycles. The number of unbranched alkanes of at least 4 members (excludes halogenated alkanes) is 1. The summed E-state index contributed by atoms with van der Waals surface area (Å²) in [5, 5.41) is 0. The molecular weight excluding hydrogens is 180 g/mol. The SMILES string of the molecule is CCCCC(C)C(C)(C)C(C)(C)Cl. The van der Waals surface area contributed by atoms with Crippen molar-refractivity contribution in [1.82, 2.24) is 0 Å². The van der Waals surface area contributed by atoms with Crippen molar-refractivity contribution in [2.24, 2.45) is 11.3 Å². The van der Waals surface area contributed by atoms with Crippen LogP contribution in [0.15, 0.2) is 0 Å². The first-order valence-electron chi connectivity index (χ1n) is 5.42. The third-order valence-corrected chi connectivity index (χ3v) is 4.24. The molecule has 0 radical (unpaired) electrons. The first kappa shape index (κ1) is 13.3. The zero-order chi connectivity index (χ0) is 10.7. The van der Waals surface area contributed by atoms with E-state index in [1.165, 1.54) is 19.3 Å². The van der Waals surface area contributed by atoms with Gasteiger partial charge in [0.1, 0.15) is 0 Å². The molecule has 0 nitrogen and oxygen atoms in total. The Balaban J connectivity index is 4.27. The highest BCUT2D eigenvalue weighted by Gasteiger charge is 2.39. The van der Waals surface area contributed by atoms with Crippen molar-refractivity contribution < 1.29 is 0 Å². The van der Waals surface area contributed by atoms with Crippen LogP contribution in [0.2, 0.25) is 0 Å². The summed E-state index contributed by atoms with van der Waals surface area (Å²) in [5.74, 6) is 0.694. The van der Waals surface area contributed by atoms with Gasteiger partial charge in [0.05, 0.1) is 0 Å². The highest BCUT2D eigenvalue weighted by atomic mass is 35.5. The Morgan fingerprint density at radius 2 is 1.62 bits per heavy atom. The summed E-state index contributed by atoms with van der Waals surface area (Å²) in [6, 6.07) is 0. The van der Waals surface area contributed by atoms with Crippen molar-refractivity contribution >= 4 is 11.6 Å². The van der Waals surface area contributed by atoms with Gasteiger partial charge in [-0.25, -0.2) is 0 Å². The van der Waals surface area contributed by atoms with E-state index in [2.05, 4.69) is 41.5 Å². The van der Waals surface area contributed by atoms with E-state index in [4.69, 9.17) is 11.6 Å². The fourth-order valence-electron chi connectivity index (χ4n) is 1.46. The first-order chi connectivity index (χ1) is 5.73. The van der Waals surface area contributed by atoms with Crippen molar-refractivity contribution in [2.45, 2.75) is 65.7 Å². The molecule has 1 heteroatoms.